The van der Waals surface area contributed by atoms with Crippen molar-refractivity contribution in [1.29, 1.82) is 0 Å². The van der Waals surface area contributed by atoms with Crippen LogP contribution in [0, 0.1) is 0 Å². The Morgan fingerprint density at radius 1 is 1.38 bits per heavy atom. The first-order chi connectivity index (χ1) is 3.93. The summed E-state index contributed by atoms with van der Waals surface area (Å²) < 4.78 is 4.94. The molecule has 0 bridgehead atoms. The maximum absolute atomic E-state index is 9.66. The van der Waals surface area contributed by atoms with Crippen LogP contribution in [0.5, 0.6) is 0 Å². The van der Waals surface area contributed by atoms with Gasteiger partial charge in [0, 0.05) is 13.1 Å². The molecule has 0 aliphatic carbocycles. The lowest BCUT2D eigenvalue weighted by Gasteiger charge is -2.27. The van der Waals surface area contributed by atoms with Crippen molar-refractivity contribution >= 4 is 0 Å². The Morgan fingerprint density at radius 3 is 2.38 bits per heavy atom. The Bertz CT molecular complexity index is 62.3. The molecule has 4 nitrogen and oxygen atoms in total. The van der Waals surface area contributed by atoms with Crippen LogP contribution < -0.4 is 5.26 Å². The highest BCUT2D eigenvalue weighted by molar-refractivity contribution is 4.49. The highest BCUT2D eigenvalue weighted by Gasteiger charge is 2.05. The zero-order valence-electron chi connectivity index (χ0n) is 4.50. The maximum Gasteiger partial charge on any atom is 0.0617 e. The summed E-state index contributed by atoms with van der Waals surface area (Å²) in [4.78, 5) is 3.69. The standard InChI is InChI=1S/C4H9NO3/c6-8-5-1-3-7-4-2-5/h6H,1-4H2/p-1. The third-order valence-electron chi connectivity index (χ3n) is 1.08. The molecule has 0 atom stereocenters. The number of hydrogen-bond acceptors (Lipinski definition) is 4. The van der Waals surface area contributed by atoms with Crippen molar-refractivity contribution in [3.05, 3.63) is 0 Å². The summed E-state index contributed by atoms with van der Waals surface area (Å²) in [5.74, 6) is 0. The summed E-state index contributed by atoms with van der Waals surface area (Å²) in [5, 5.41) is 11.0. The van der Waals surface area contributed by atoms with Crippen LogP contribution in [0.1, 0.15) is 0 Å². The van der Waals surface area contributed by atoms with E-state index < -0.39 is 0 Å². The second-order valence-electron chi connectivity index (χ2n) is 1.62. The van der Waals surface area contributed by atoms with Crippen molar-refractivity contribution in [3.63, 3.8) is 0 Å². The molecule has 4 heteroatoms. The summed E-state index contributed by atoms with van der Waals surface area (Å²) in [6, 6.07) is 0. The monoisotopic (exact) mass is 118 g/mol. The van der Waals surface area contributed by atoms with Crippen LogP contribution in [0.3, 0.4) is 0 Å². The van der Waals surface area contributed by atoms with E-state index in [1.165, 1.54) is 5.06 Å². The molecule has 8 heavy (non-hydrogen) atoms. The summed E-state index contributed by atoms with van der Waals surface area (Å²) in [6.45, 7) is 2.37. The third-order valence-corrected chi connectivity index (χ3v) is 1.08. The molecule has 0 saturated carbocycles. The number of hydroxylamine groups is 2. The molecular formula is C4H8NO3-. The van der Waals surface area contributed by atoms with Gasteiger partial charge in [0.2, 0.25) is 0 Å². The van der Waals surface area contributed by atoms with Gasteiger partial charge in [-0.3, -0.25) is 0 Å². The molecule has 48 valence electrons. The van der Waals surface area contributed by atoms with Gasteiger partial charge in [0.1, 0.15) is 0 Å². The number of hydrogen-bond donors (Lipinski definition) is 0. The number of nitrogens with zero attached hydrogens (tertiary/aromatic N) is 1. The molecule has 0 aromatic carbocycles. The Hall–Kier alpha value is -0.160. The van der Waals surface area contributed by atoms with Crippen LogP contribution in [0.25, 0.3) is 0 Å². The highest BCUT2D eigenvalue weighted by Crippen LogP contribution is 1.92. The van der Waals surface area contributed by atoms with Gasteiger partial charge >= 0.3 is 0 Å². The molecule has 0 unspecified atom stereocenters. The van der Waals surface area contributed by atoms with Gasteiger partial charge in [-0.05, 0) is 0 Å². The summed E-state index contributed by atoms with van der Waals surface area (Å²) in [5.41, 5.74) is 0. The molecule has 1 fully saturated rings. The SMILES string of the molecule is [O-]ON1CCOCC1. The zero-order chi connectivity index (χ0) is 5.82. The van der Waals surface area contributed by atoms with E-state index in [4.69, 9.17) is 4.74 Å². The van der Waals surface area contributed by atoms with Gasteiger partial charge in [-0.15, -0.1) is 0 Å². The van der Waals surface area contributed by atoms with Crippen molar-refractivity contribution in [1.82, 2.24) is 5.06 Å². The van der Waals surface area contributed by atoms with Crippen molar-refractivity contribution in [3.8, 4) is 0 Å². The Kier molecular flexibility index (Phi) is 2.23. The lowest BCUT2D eigenvalue weighted by molar-refractivity contribution is -0.754. The van der Waals surface area contributed by atoms with Crippen LogP contribution in [0.15, 0.2) is 0 Å². The van der Waals surface area contributed by atoms with Crippen LogP contribution in [-0.4, -0.2) is 31.4 Å². The van der Waals surface area contributed by atoms with Crippen LogP contribution in [0.4, 0.5) is 0 Å². The molecule has 0 aromatic rings. The summed E-state index contributed by atoms with van der Waals surface area (Å²) in [6.07, 6.45) is 0. The van der Waals surface area contributed by atoms with Gasteiger partial charge in [-0.1, -0.05) is 0 Å². The molecule has 0 amide bonds. The fourth-order valence-corrected chi connectivity index (χ4v) is 0.621. The van der Waals surface area contributed by atoms with Gasteiger partial charge in [0.05, 0.1) is 13.2 Å². The van der Waals surface area contributed by atoms with E-state index in [0.29, 0.717) is 26.3 Å². The van der Waals surface area contributed by atoms with Gasteiger partial charge in [-0.2, -0.15) is 5.06 Å². The van der Waals surface area contributed by atoms with E-state index >= 15 is 0 Å². The van der Waals surface area contributed by atoms with E-state index in [1.54, 1.807) is 0 Å². The number of rotatable bonds is 1. The van der Waals surface area contributed by atoms with Crippen molar-refractivity contribution < 1.29 is 15.0 Å². The molecule has 1 aliphatic heterocycles. The van der Waals surface area contributed by atoms with Crippen LogP contribution in [-0.2, 0) is 9.73 Å². The second-order valence-corrected chi connectivity index (χ2v) is 1.62. The smallest absolute Gasteiger partial charge is 0.0617 e. The molecule has 1 aliphatic rings. The molecule has 1 saturated heterocycles. The van der Waals surface area contributed by atoms with E-state index in [2.05, 4.69) is 4.99 Å². The summed E-state index contributed by atoms with van der Waals surface area (Å²) >= 11 is 0. The predicted molar refractivity (Wildman–Crippen MR) is 23.5 cm³/mol. The lowest BCUT2D eigenvalue weighted by Crippen LogP contribution is -2.39. The second kappa shape index (κ2) is 2.99. The molecule has 0 N–H and O–H groups in total. The average Bonchev–Trinajstić information content (AvgIpc) is 1.90. The fraction of sp³-hybridized carbons (Fsp3) is 1.00. The minimum absolute atomic E-state index is 0.587. The molecule has 0 aromatic heterocycles. The average molecular weight is 118 g/mol. The number of morpholine rings is 1. The van der Waals surface area contributed by atoms with Crippen molar-refractivity contribution in [2.75, 3.05) is 26.3 Å². The minimum atomic E-state index is 0.587. The Labute approximate surface area is 47.5 Å². The van der Waals surface area contributed by atoms with E-state index in [1.807, 2.05) is 0 Å². The first kappa shape index (κ1) is 5.97. The molecule has 1 rings (SSSR count). The van der Waals surface area contributed by atoms with E-state index in [-0.39, 0.29) is 0 Å². The first-order valence-electron chi connectivity index (χ1n) is 2.56. The van der Waals surface area contributed by atoms with Gasteiger partial charge in [0.15, 0.2) is 0 Å². The summed E-state index contributed by atoms with van der Waals surface area (Å²) in [7, 11) is 0. The molecule has 0 radical (unpaired) electrons. The van der Waals surface area contributed by atoms with Crippen LogP contribution in [0.2, 0.25) is 0 Å². The van der Waals surface area contributed by atoms with E-state index in [0.717, 1.165) is 0 Å². The van der Waals surface area contributed by atoms with Gasteiger partial charge in [0.25, 0.3) is 0 Å². The molecule has 0 spiro atoms. The normalized spacial score (nSPS) is 23.6. The van der Waals surface area contributed by atoms with Crippen LogP contribution >= 0.6 is 0 Å². The largest absolute Gasteiger partial charge is 0.704 e. The zero-order valence-corrected chi connectivity index (χ0v) is 4.50. The van der Waals surface area contributed by atoms with Gasteiger partial charge in [-0.25, -0.2) is 0 Å². The minimum Gasteiger partial charge on any atom is -0.704 e. The van der Waals surface area contributed by atoms with Crippen molar-refractivity contribution in [2.45, 2.75) is 0 Å². The Morgan fingerprint density at radius 2 is 2.00 bits per heavy atom. The topological polar surface area (TPSA) is 44.8 Å². The van der Waals surface area contributed by atoms with Gasteiger partial charge < -0.3 is 15.0 Å². The molecular weight excluding hydrogens is 110 g/mol. The quantitative estimate of drug-likeness (QED) is 0.311. The maximum atomic E-state index is 9.66. The lowest BCUT2D eigenvalue weighted by atomic mass is 10.5. The Balaban J connectivity index is 2.13. The third kappa shape index (κ3) is 1.41. The fourth-order valence-electron chi connectivity index (χ4n) is 0.621. The van der Waals surface area contributed by atoms with Crippen molar-refractivity contribution in [2.24, 2.45) is 0 Å². The number of ether oxygens (including phenoxy) is 1. The van der Waals surface area contributed by atoms with E-state index in [9.17, 15) is 5.26 Å². The predicted octanol–water partition coefficient (Wildman–Crippen LogP) is -1.47. The molecule has 1 heterocycles. The first-order valence-corrected chi connectivity index (χ1v) is 2.56. The highest BCUT2D eigenvalue weighted by atomic mass is 17.2.